The highest BCUT2D eigenvalue weighted by Crippen LogP contribution is 2.42. The molecule has 1 aliphatic heterocycles. The number of hydrogen-bond donors (Lipinski definition) is 1. The summed E-state index contributed by atoms with van der Waals surface area (Å²) < 4.78 is 7.21. The SMILES string of the molecule is CC(C)CC1(C)CC(N)c2ccc(Br)cc2O1. The molecule has 2 unspecified atom stereocenters. The van der Waals surface area contributed by atoms with Gasteiger partial charge < -0.3 is 10.5 Å². The number of benzene rings is 1. The Hall–Kier alpha value is -0.540. The maximum absolute atomic E-state index is 6.25. The van der Waals surface area contributed by atoms with Gasteiger partial charge in [0, 0.05) is 22.5 Å². The molecule has 0 radical (unpaired) electrons. The van der Waals surface area contributed by atoms with Crippen LogP contribution in [0.5, 0.6) is 5.75 Å². The Balaban J connectivity index is 2.31. The van der Waals surface area contributed by atoms with E-state index in [1.54, 1.807) is 0 Å². The molecule has 0 aromatic heterocycles. The second kappa shape index (κ2) is 4.62. The fourth-order valence-electron chi connectivity index (χ4n) is 2.77. The van der Waals surface area contributed by atoms with Crippen LogP contribution in [0.15, 0.2) is 22.7 Å². The summed E-state index contributed by atoms with van der Waals surface area (Å²) in [5.74, 6) is 1.54. The van der Waals surface area contributed by atoms with Crippen LogP contribution in [0.3, 0.4) is 0 Å². The lowest BCUT2D eigenvalue weighted by atomic mass is 9.83. The zero-order valence-corrected chi connectivity index (χ0v) is 12.3. The fraction of sp³-hybridized carbons (Fsp3) is 0.571. The van der Waals surface area contributed by atoms with Gasteiger partial charge in [-0.2, -0.15) is 0 Å². The Morgan fingerprint density at radius 3 is 2.88 bits per heavy atom. The summed E-state index contributed by atoms with van der Waals surface area (Å²) in [4.78, 5) is 0. The Bertz CT molecular complexity index is 419. The van der Waals surface area contributed by atoms with Crippen LogP contribution < -0.4 is 10.5 Å². The van der Waals surface area contributed by atoms with Crippen molar-refractivity contribution in [3.8, 4) is 5.75 Å². The van der Waals surface area contributed by atoms with Gasteiger partial charge in [0.25, 0.3) is 0 Å². The van der Waals surface area contributed by atoms with Crippen molar-refractivity contribution >= 4 is 15.9 Å². The van der Waals surface area contributed by atoms with E-state index in [4.69, 9.17) is 10.5 Å². The van der Waals surface area contributed by atoms with E-state index in [2.05, 4.69) is 42.8 Å². The van der Waals surface area contributed by atoms with Gasteiger partial charge in [-0.15, -0.1) is 0 Å². The van der Waals surface area contributed by atoms with Crippen LogP contribution in [0.25, 0.3) is 0 Å². The zero-order valence-electron chi connectivity index (χ0n) is 10.7. The topological polar surface area (TPSA) is 35.2 Å². The molecule has 2 nitrogen and oxygen atoms in total. The van der Waals surface area contributed by atoms with E-state index < -0.39 is 0 Å². The van der Waals surface area contributed by atoms with Crippen molar-refractivity contribution in [2.24, 2.45) is 11.7 Å². The molecule has 0 bridgehead atoms. The molecule has 17 heavy (non-hydrogen) atoms. The number of rotatable bonds is 2. The van der Waals surface area contributed by atoms with Crippen molar-refractivity contribution in [1.29, 1.82) is 0 Å². The van der Waals surface area contributed by atoms with Gasteiger partial charge in [0.2, 0.25) is 0 Å². The maximum Gasteiger partial charge on any atom is 0.126 e. The van der Waals surface area contributed by atoms with E-state index >= 15 is 0 Å². The third kappa shape index (κ3) is 2.83. The average Bonchev–Trinajstić information content (AvgIpc) is 2.13. The number of nitrogens with two attached hydrogens (primary N) is 1. The molecule has 1 aromatic rings. The van der Waals surface area contributed by atoms with E-state index in [1.165, 1.54) is 0 Å². The molecule has 0 saturated heterocycles. The highest BCUT2D eigenvalue weighted by Gasteiger charge is 2.36. The summed E-state index contributed by atoms with van der Waals surface area (Å²) in [6.45, 7) is 6.60. The van der Waals surface area contributed by atoms with Gasteiger partial charge in [-0.3, -0.25) is 0 Å². The van der Waals surface area contributed by atoms with Gasteiger partial charge in [-0.05, 0) is 31.4 Å². The second-order valence-electron chi connectivity index (χ2n) is 5.64. The smallest absolute Gasteiger partial charge is 0.126 e. The first-order valence-corrected chi connectivity index (χ1v) is 6.93. The molecule has 2 rings (SSSR count). The van der Waals surface area contributed by atoms with Gasteiger partial charge in [-0.1, -0.05) is 35.8 Å². The average molecular weight is 298 g/mol. The minimum Gasteiger partial charge on any atom is -0.487 e. The summed E-state index contributed by atoms with van der Waals surface area (Å²) in [6.07, 6.45) is 1.92. The minimum atomic E-state index is -0.138. The molecule has 1 aliphatic rings. The van der Waals surface area contributed by atoms with Crippen LogP contribution in [-0.2, 0) is 0 Å². The van der Waals surface area contributed by atoms with E-state index in [0.717, 1.165) is 28.6 Å². The molecule has 2 N–H and O–H groups in total. The first-order chi connectivity index (χ1) is 7.89. The quantitative estimate of drug-likeness (QED) is 0.894. The largest absolute Gasteiger partial charge is 0.487 e. The van der Waals surface area contributed by atoms with Crippen molar-refractivity contribution < 1.29 is 4.74 Å². The summed E-state index contributed by atoms with van der Waals surface area (Å²) in [6, 6.07) is 6.18. The van der Waals surface area contributed by atoms with Crippen LogP contribution >= 0.6 is 15.9 Å². The van der Waals surface area contributed by atoms with E-state index in [-0.39, 0.29) is 11.6 Å². The van der Waals surface area contributed by atoms with E-state index in [9.17, 15) is 0 Å². The first kappa shape index (κ1) is 12.9. The first-order valence-electron chi connectivity index (χ1n) is 6.14. The molecule has 0 aliphatic carbocycles. The molecule has 1 aromatic carbocycles. The molecule has 1 heterocycles. The minimum absolute atomic E-state index is 0.0793. The molecule has 0 amide bonds. The van der Waals surface area contributed by atoms with Crippen molar-refractivity contribution in [1.82, 2.24) is 0 Å². The molecular weight excluding hydrogens is 278 g/mol. The third-order valence-corrected chi connectivity index (χ3v) is 3.72. The number of hydrogen-bond acceptors (Lipinski definition) is 2. The summed E-state index contributed by atoms with van der Waals surface area (Å²) in [7, 11) is 0. The second-order valence-corrected chi connectivity index (χ2v) is 6.56. The Labute approximate surface area is 112 Å². The molecule has 0 fully saturated rings. The predicted molar refractivity (Wildman–Crippen MR) is 74.2 cm³/mol. The number of fused-ring (bicyclic) bond motifs is 1. The Morgan fingerprint density at radius 2 is 2.24 bits per heavy atom. The van der Waals surface area contributed by atoms with Gasteiger partial charge in [0.15, 0.2) is 0 Å². The predicted octanol–water partition coefficient (Wildman–Crippen LogP) is 4.04. The Morgan fingerprint density at radius 1 is 1.53 bits per heavy atom. The standard InChI is InChI=1S/C14H20BrNO/c1-9(2)7-14(3)8-12(16)11-5-4-10(15)6-13(11)17-14/h4-6,9,12H,7-8,16H2,1-3H3. The molecule has 0 spiro atoms. The molecular formula is C14H20BrNO. The highest BCUT2D eigenvalue weighted by molar-refractivity contribution is 9.10. The Kier molecular flexibility index (Phi) is 3.50. The molecule has 0 saturated carbocycles. The van der Waals surface area contributed by atoms with Gasteiger partial charge in [0.1, 0.15) is 11.4 Å². The van der Waals surface area contributed by atoms with Crippen molar-refractivity contribution in [2.75, 3.05) is 0 Å². The molecule has 2 atom stereocenters. The monoisotopic (exact) mass is 297 g/mol. The van der Waals surface area contributed by atoms with Gasteiger partial charge in [-0.25, -0.2) is 0 Å². The van der Waals surface area contributed by atoms with Crippen LogP contribution in [0.2, 0.25) is 0 Å². The lowest BCUT2D eigenvalue weighted by Crippen LogP contribution is -2.41. The van der Waals surface area contributed by atoms with Gasteiger partial charge >= 0.3 is 0 Å². The van der Waals surface area contributed by atoms with Crippen LogP contribution in [0.1, 0.15) is 45.2 Å². The lowest BCUT2D eigenvalue weighted by molar-refractivity contribution is 0.0340. The van der Waals surface area contributed by atoms with Crippen molar-refractivity contribution in [3.63, 3.8) is 0 Å². The lowest BCUT2D eigenvalue weighted by Gasteiger charge is -2.40. The summed E-state index contributed by atoms with van der Waals surface area (Å²) >= 11 is 3.48. The highest BCUT2D eigenvalue weighted by atomic mass is 79.9. The molecule has 94 valence electrons. The maximum atomic E-state index is 6.25. The molecule has 3 heteroatoms. The van der Waals surface area contributed by atoms with Crippen molar-refractivity contribution in [2.45, 2.75) is 45.3 Å². The van der Waals surface area contributed by atoms with Crippen LogP contribution in [0, 0.1) is 5.92 Å². The van der Waals surface area contributed by atoms with E-state index in [1.807, 2.05) is 12.1 Å². The fourth-order valence-corrected chi connectivity index (χ4v) is 3.11. The third-order valence-electron chi connectivity index (χ3n) is 3.22. The normalized spacial score (nSPS) is 27.8. The van der Waals surface area contributed by atoms with Gasteiger partial charge in [0.05, 0.1) is 0 Å². The number of ether oxygens (including phenoxy) is 1. The summed E-state index contributed by atoms with van der Waals surface area (Å²) in [5, 5.41) is 0. The summed E-state index contributed by atoms with van der Waals surface area (Å²) in [5.41, 5.74) is 7.23. The van der Waals surface area contributed by atoms with Crippen LogP contribution in [0.4, 0.5) is 0 Å². The van der Waals surface area contributed by atoms with Crippen LogP contribution in [-0.4, -0.2) is 5.60 Å². The van der Waals surface area contributed by atoms with Crippen molar-refractivity contribution in [3.05, 3.63) is 28.2 Å². The zero-order chi connectivity index (χ0) is 12.6. The number of halogens is 1. The van der Waals surface area contributed by atoms with E-state index in [0.29, 0.717) is 5.92 Å².